The Labute approximate surface area is 247 Å². The van der Waals surface area contributed by atoms with Crippen LogP contribution in [0.3, 0.4) is 0 Å². The Morgan fingerprint density at radius 3 is 2.15 bits per heavy atom. The van der Waals surface area contributed by atoms with E-state index in [9.17, 15) is 18.0 Å². The smallest absolute Gasteiger partial charge is 0.244 e. The van der Waals surface area contributed by atoms with Crippen molar-refractivity contribution < 1.29 is 18.0 Å². The molecule has 2 atom stereocenters. The van der Waals surface area contributed by atoms with Crippen LogP contribution >= 0.6 is 23.2 Å². The highest BCUT2D eigenvalue weighted by atomic mass is 35.5. The van der Waals surface area contributed by atoms with Crippen LogP contribution in [0.4, 0.5) is 5.69 Å². The Morgan fingerprint density at radius 2 is 1.57 bits per heavy atom. The van der Waals surface area contributed by atoms with Crippen LogP contribution in [0.15, 0.2) is 72.8 Å². The fourth-order valence-electron chi connectivity index (χ4n) is 4.15. The van der Waals surface area contributed by atoms with Gasteiger partial charge in [-0.05, 0) is 55.7 Å². The van der Waals surface area contributed by atoms with Gasteiger partial charge in [0.05, 0.1) is 22.0 Å². The molecule has 0 spiro atoms. The van der Waals surface area contributed by atoms with Crippen LogP contribution in [0.2, 0.25) is 10.0 Å². The number of rotatable bonds is 12. The normalized spacial score (nSPS) is 12.8. The standard InChI is InChI=1S/C30H35Cl2N3O4S/c1-5-22(3)33-30(37)28(18-23-9-7-6-8-10-23)34(19-24-13-16-26(31)27(32)17-24)29(36)20-35(40(4,38)39)25-14-11-21(2)12-15-25/h6-17,22,28H,5,18-20H2,1-4H3,(H,33,37)/t22-,28+/m1/s1. The second-order valence-corrected chi connectivity index (χ2v) is 12.6. The first-order valence-electron chi connectivity index (χ1n) is 13.0. The number of anilines is 1. The predicted octanol–water partition coefficient (Wildman–Crippen LogP) is 5.62. The average molecular weight is 605 g/mol. The van der Waals surface area contributed by atoms with E-state index in [0.717, 1.165) is 21.7 Å². The van der Waals surface area contributed by atoms with E-state index in [0.29, 0.717) is 27.7 Å². The molecule has 214 valence electrons. The minimum absolute atomic E-state index is 0.0205. The third-order valence-electron chi connectivity index (χ3n) is 6.61. The van der Waals surface area contributed by atoms with Gasteiger partial charge in [-0.25, -0.2) is 8.42 Å². The van der Waals surface area contributed by atoms with Gasteiger partial charge in [0.15, 0.2) is 0 Å². The second kappa shape index (κ2) is 14.0. The van der Waals surface area contributed by atoms with E-state index in [2.05, 4.69) is 5.32 Å². The van der Waals surface area contributed by atoms with Crippen LogP contribution in [0.1, 0.15) is 37.0 Å². The zero-order valence-electron chi connectivity index (χ0n) is 23.1. The third kappa shape index (κ3) is 8.71. The number of amides is 2. The monoisotopic (exact) mass is 603 g/mol. The molecule has 40 heavy (non-hydrogen) atoms. The van der Waals surface area contributed by atoms with Crippen molar-refractivity contribution in [3.05, 3.63) is 99.5 Å². The van der Waals surface area contributed by atoms with Gasteiger partial charge < -0.3 is 10.2 Å². The minimum atomic E-state index is -3.83. The zero-order chi connectivity index (χ0) is 29.4. The second-order valence-electron chi connectivity index (χ2n) is 9.90. The Bertz CT molecular complexity index is 1420. The summed E-state index contributed by atoms with van der Waals surface area (Å²) in [7, 11) is -3.83. The summed E-state index contributed by atoms with van der Waals surface area (Å²) >= 11 is 12.4. The van der Waals surface area contributed by atoms with Gasteiger partial charge in [0.2, 0.25) is 21.8 Å². The molecule has 7 nitrogen and oxygen atoms in total. The molecule has 0 fully saturated rings. The molecule has 3 rings (SSSR count). The maximum atomic E-state index is 14.1. The SMILES string of the molecule is CC[C@@H](C)NC(=O)[C@H](Cc1ccccc1)N(Cc1ccc(Cl)c(Cl)c1)C(=O)CN(c1ccc(C)cc1)S(C)(=O)=O. The van der Waals surface area contributed by atoms with Gasteiger partial charge in [-0.2, -0.15) is 0 Å². The number of sulfonamides is 1. The molecule has 0 aromatic heterocycles. The molecular weight excluding hydrogens is 569 g/mol. The van der Waals surface area contributed by atoms with Crippen molar-refractivity contribution in [2.75, 3.05) is 17.1 Å². The van der Waals surface area contributed by atoms with Gasteiger partial charge in [-0.3, -0.25) is 13.9 Å². The number of benzene rings is 3. The molecule has 0 saturated heterocycles. The Hall–Kier alpha value is -3.07. The zero-order valence-corrected chi connectivity index (χ0v) is 25.4. The predicted molar refractivity (Wildman–Crippen MR) is 162 cm³/mol. The number of nitrogens with zero attached hydrogens (tertiary/aromatic N) is 2. The van der Waals surface area contributed by atoms with E-state index >= 15 is 0 Å². The van der Waals surface area contributed by atoms with Crippen molar-refractivity contribution in [3.63, 3.8) is 0 Å². The summed E-state index contributed by atoms with van der Waals surface area (Å²) < 4.78 is 26.7. The lowest BCUT2D eigenvalue weighted by Gasteiger charge is -2.34. The van der Waals surface area contributed by atoms with E-state index in [-0.39, 0.29) is 24.9 Å². The van der Waals surface area contributed by atoms with Gasteiger partial charge >= 0.3 is 0 Å². The Kier molecular flexibility index (Phi) is 11.0. The number of halogens is 2. The first-order valence-corrected chi connectivity index (χ1v) is 15.6. The number of hydrogen-bond acceptors (Lipinski definition) is 4. The van der Waals surface area contributed by atoms with Crippen molar-refractivity contribution >= 4 is 50.7 Å². The van der Waals surface area contributed by atoms with Crippen molar-refractivity contribution in [2.45, 2.75) is 52.2 Å². The Balaban J connectivity index is 2.07. The Morgan fingerprint density at radius 1 is 0.925 bits per heavy atom. The molecule has 0 radical (unpaired) electrons. The lowest BCUT2D eigenvalue weighted by molar-refractivity contribution is -0.140. The molecule has 0 aliphatic carbocycles. The van der Waals surface area contributed by atoms with Gasteiger partial charge in [-0.15, -0.1) is 0 Å². The van der Waals surface area contributed by atoms with Gasteiger partial charge in [0.25, 0.3) is 0 Å². The summed E-state index contributed by atoms with van der Waals surface area (Å²) in [6.45, 7) is 5.29. The average Bonchev–Trinajstić information content (AvgIpc) is 2.91. The van der Waals surface area contributed by atoms with Crippen LogP contribution in [-0.2, 0) is 32.6 Å². The fraction of sp³-hybridized carbons (Fsp3) is 0.333. The number of hydrogen-bond donors (Lipinski definition) is 1. The van der Waals surface area contributed by atoms with E-state index in [4.69, 9.17) is 23.2 Å². The summed E-state index contributed by atoms with van der Waals surface area (Å²) in [6.07, 6.45) is 2.00. The number of nitrogens with one attached hydrogen (secondary N) is 1. The summed E-state index contributed by atoms with van der Waals surface area (Å²) in [6, 6.07) is 20.2. The highest BCUT2D eigenvalue weighted by molar-refractivity contribution is 7.92. The first kappa shape index (κ1) is 31.5. The van der Waals surface area contributed by atoms with Crippen molar-refractivity contribution in [2.24, 2.45) is 0 Å². The van der Waals surface area contributed by atoms with Gasteiger partial charge in [0, 0.05) is 19.0 Å². The maximum absolute atomic E-state index is 14.1. The van der Waals surface area contributed by atoms with Crippen LogP contribution in [0.5, 0.6) is 0 Å². The molecule has 0 bridgehead atoms. The summed E-state index contributed by atoms with van der Waals surface area (Å²) in [5.41, 5.74) is 2.82. The molecule has 3 aromatic rings. The maximum Gasteiger partial charge on any atom is 0.244 e. The highest BCUT2D eigenvalue weighted by Crippen LogP contribution is 2.25. The third-order valence-corrected chi connectivity index (χ3v) is 8.49. The molecule has 1 N–H and O–H groups in total. The van der Waals surface area contributed by atoms with E-state index < -0.39 is 28.5 Å². The quantitative estimate of drug-likeness (QED) is 0.291. The van der Waals surface area contributed by atoms with Crippen LogP contribution in [0.25, 0.3) is 0 Å². The fourth-order valence-corrected chi connectivity index (χ4v) is 5.32. The summed E-state index contributed by atoms with van der Waals surface area (Å²) in [5, 5.41) is 3.68. The molecule has 0 aliphatic heterocycles. The lowest BCUT2D eigenvalue weighted by Crippen LogP contribution is -2.54. The van der Waals surface area contributed by atoms with Crippen molar-refractivity contribution in [1.82, 2.24) is 10.2 Å². The molecule has 0 unspecified atom stereocenters. The molecular formula is C30H35Cl2N3O4S. The van der Waals surface area contributed by atoms with E-state index in [1.165, 1.54) is 4.90 Å². The molecule has 0 heterocycles. The van der Waals surface area contributed by atoms with Crippen LogP contribution < -0.4 is 9.62 Å². The van der Waals surface area contributed by atoms with Gasteiger partial charge in [-0.1, -0.05) is 84.2 Å². The van der Waals surface area contributed by atoms with Crippen LogP contribution in [-0.4, -0.2) is 50.0 Å². The lowest BCUT2D eigenvalue weighted by atomic mass is 10.0. The number of carbonyl (C=O) groups excluding carboxylic acids is 2. The topological polar surface area (TPSA) is 86.8 Å². The largest absolute Gasteiger partial charge is 0.352 e. The molecule has 3 aromatic carbocycles. The molecule has 2 amide bonds. The molecule has 0 saturated carbocycles. The highest BCUT2D eigenvalue weighted by Gasteiger charge is 2.33. The van der Waals surface area contributed by atoms with E-state index in [1.54, 1.807) is 42.5 Å². The van der Waals surface area contributed by atoms with Crippen molar-refractivity contribution in [3.8, 4) is 0 Å². The minimum Gasteiger partial charge on any atom is -0.352 e. The number of aryl methyl sites for hydroxylation is 1. The number of carbonyl (C=O) groups is 2. The van der Waals surface area contributed by atoms with Crippen LogP contribution in [0, 0.1) is 6.92 Å². The van der Waals surface area contributed by atoms with Crippen molar-refractivity contribution in [1.29, 1.82) is 0 Å². The first-order chi connectivity index (χ1) is 18.9. The van der Waals surface area contributed by atoms with Gasteiger partial charge in [0.1, 0.15) is 12.6 Å². The summed E-state index contributed by atoms with van der Waals surface area (Å²) in [4.78, 5) is 29.2. The van der Waals surface area contributed by atoms with E-state index in [1.807, 2.05) is 51.1 Å². The summed E-state index contributed by atoms with van der Waals surface area (Å²) in [5.74, 6) is -0.856. The molecule has 10 heteroatoms. The molecule has 0 aliphatic rings.